The van der Waals surface area contributed by atoms with Gasteiger partial charge in [-0.25, -0.2) is 13.1 Å². The molecule has 2 unspecified atom stereocenters. The standard InChI is InChI=1S/C15H19N3O2S/c1-10-6-15(5-2-11(10)9-16)21(19,20)18-14-7-12-3-4-13(8-14)17-12/h2,5-6,12-14,17-18H,3-4,7-8H2,1H3. The van der Waals surface area contributed by atoms with Crippen LogP contribution in [0.3, 0.4) is 0 Å². The molecule has 0 spiro atoms. The van der Waals surface area contributed by atoms with E-state index in [1.807, 2.05) is 0 Å². The molecule has 1 aromatic rings. The molecule has 0 amide bonds. The molecule has 2 aliphatic heterocycles. The number of benzene rings is 1. The van der Waals surface area contributed by atoms with Gasteiger partial charge >= 0.3 is 0 Å². The maximum absolute atomic E-state index is 12.5. The molecule has 0 aromatic heterocycles. The number of sulfonamides is 1. The average molecular weight is 305 g/mol. The number of aryl methyl sites for hydroxylation is 1. The molecule has 0 aliphatic carbocycles. The van der Waals surface area contributed by atoms with Crippen molar-refractivity contribution in [3.05, 3.63) is 29.3 Å². The summed E-state index contributed by atoms with van der Waals surface area (Å²) in [7, 11) is -3.51. The Morgan fingerprint density at radius 1 is 1.29 bits per heavy atom. The minimum atomic E-state index is -3.51. The summed E-state index contributed by atoms with van der Waals surface area (Å²) in [6.45, 7) is 1.75. The molecule has 112 valence electrons. The van der Waals surface area contributed by atoms with Crippen LogP contribution in [0.5, 0.6) is 0 Å². The van der Waals surface area contributed by atoms with E-state index in [2.05, 4.69) is 16.1 Å². The summed E-state index contributed by atoms with van der Waals surface area (Å²) in [6.07, 6.45) is 3.98. The smallest absolute Gasteiger partial charge is 0.240 e. The fraction of sp³-hybridized carbons (Fsp3) is 0.533. The Morgan fingerprint density at radius 3 is 2.52 bits per heavy atom. The Kier molecular flexibility index (Phi) is 3.74. The first-order chi connectivity index (χ1) is 9.98. The summed E-state index contributed by atoms with van der Waals surface area (Å²) >= 11 is 0. The number of nitriles is 1. The molecule has 2 atom stereocenters. The molecule has 2 aliphatic rings. The molecule has 6 heteroatoms. The Labute approximate surface area is 125 Å². The van der Waals surface area contributed by atoms with Crippen LogP contribution in [-0.4, -0.2) is 26.5 Å². The van der Waals surface area contributed by atoms with Gasteiger partial charge in [-0.15, -0.1) is 0 Å². The van der Waals surface area contributed by atoms with Gasteiger partial charge in [0, 0.05) is 18.1 Å². The summed E-state index contributed by atoms with van der Waals surface area (Å²) < 4.78 is 27.8. The van der Waals surface area contributed by atoms with E-state index in [9.17, 15) is 8.42 Å². The number of rotatable bonds is 3. The molecule has 21 heavy (non-hydrogen) atoms. The van der Waals surface area contributed by atoms with E-state index in [-0.39, 0.29) is 10.9 Å². The highest BCUT2D eigenvalue weighted by Crippen LogP contribution is 2.27. The first-order valence-electron chi connectivity index (χ1n) is 7.27. The topological polar surface area (TPSA) is 82.0 Å². The molecular weight excluding hydrogens is 286 g/mol. The van der Waals surface area contributed by atoms with E-state index < -0.39 is 10.0 Å². The third-order valence-electron chi connectivity index (χ3n) is 4.42. The normalized spacial score (nSPS) is 28.3. The van der Waals surface area contributed by atoms with Gasteiger partial charge in [0.15, 0.2) is 0 Å². The highest BCUT2D eigenvalue weighted by atomic mass is 32.2. The van der Waals surface area contributed by atoms with Crippen LogP contribution >= 0.6 is 0 Å². The number of nitrogens with one attached hydrogen (secondary N) is 2. The summed E-state index contributed by atoms with van der Waals surface area (Å²) in [5, 5.41) is 12.4. The van der Waals surface area contributed by atoms with E-state index in [1.54, 1.807) is 19.1 Å². The van der Waals surface area contributed by atoms with Gasteiger partial charge in [-0.1, -0.05) is 0 Å². The minimum absolute atomic E-state index is 0.00435. The summed E-state index contributed by atoms with van der Waals surface area (Å²) in [4.78, 5) is 0.241. The van der Waals surface area contributed by atoms with Gasteiger partial charge < -0.3 is 5.32 Å². The summed E-state index contributed by atoms with van der Waals surface area (Å²) in [6, 6.07) is 7.58. The van der Waals surface area contributed by atoms with Crippen LogP contribution in [0, 0.1) is 18.3 Å². The SMILES string of the molecule is Cc1cc(S(=O)(=O)NC2CC3CCC(C2)N3)ccc1C#N. The third-order valence-corrected chi connectivity index (χ3v) is 5.94. The van der Waals surface area contributed by atoms with Gasteiger partial charge in [0.05, 0.1) is 16.5 Å². The monoisotopic (exact) mass is 305 g/mol. The van der Waals surface area contributed by atoms with E-state index in [0.29, 0.717) is 23.2 Å². The maximum atomic E-state index is 12.5. The van der Waals surface area contributed by atoms with Gasteiger partial charge in [0.25, 0.3) is 0 Å². The van der Waals surface area contributed by atoms with Crippen molar-refractivity contribution < 1.29 is 8.42 Å². The van der Waals surface area contributed by atoms with Gasteiger partial charge in [-0.2, -0.15) is 5.26 Å². The lowest BCUT2D eigenvalue weighted by Gasteiger charge is -2.29. The molecule has 2 heterocycles. The van der Waals surface area contributed by atoms with Crippen LogP contribution in [0.15, 0.2) is 23.1 Å². The zero-order valence-corrected chi connectivity index (χ0v) is 12.8. The maximum Gasteiger partial charge on any atom is 0.240 e. The molecule has 5 nitrogen and oxygen atoms in total. The Bertz CT molecular complexity index is 681. The van der Waals surface area contributed by atoms with Crippen molar-refractivity contribution in [2.75, 3.05) is 0 Å². The lowest BCUT2D eigenvalue weighted by Crippen LogP contribution is -2.47. The molecule has 1 aromatic carbocycles. The van der Waals surface area contributed by atoms with Crippen molar-refractivity contribution in [3.8, 4) is 6.07 Å². The highest BCUT2D eigenvalue weighted by Gasteiger charge is 2.35. The molecular formula is C15H19N3O2S. The van der Waals surface area contributed by atoms with Crippen LogP contribution < -0.4 is 10.0 Å². The zero-order valence-electron chi connectivity index (χ0n) is 12.0. The quantitative estimate of drug-likeness (QED) is 0.885. The van der Waals surface area contributed by atoms with Gasteiger partial charge in [0.2, 0.25) is 10.0 Å². The third kappa shape index (κ3) is 2.95. The number of fused-ring (bicyclic) bond motifs is 2. The first-order valence-corrected chi connectivity index (χ1v) is 8.75. The van der Waals surface area contributed by atoms with Gasteiger partial charge in [-0.05, 0) is 56.4 Å². The molecule has 2 saturated heterocycles. The fourth-order valence-electron chi connectivity index (χ4n) is 3.37. The average Bonchev–Trinajstić information content (AvgIpc) is 2.77. The number of nitrogens with zero attached hydrogens (tertiary/aromatic N) is 1. The second-order valence-corrected chi connectivity index (χ2v) is 7.73. The van der Waals surface area contributed by atoms with Crippen molar-refractivity contribution in [1.29, 1.82) is 5.26 Å². The van der Waals surface area contributed by atoms with E-state index in [1.165, 1.54) is 6.07 Å². The predicted octanol–water partition coefficient (Wildman–Crippen LogP) is 1.43. The second kappa shape index (κ2) is 5.41. The lowest BCUT2D eigenvalue weighted by molar-refractivity contribution is 0.345. The van der Waals surface area contributed by atoms with Crippen molar-refractivity contribution in [3.63, 3.8) is 0 Å². The molecule has 0 saturated carbocycles. The van der Waals surface area contributed by atoms with E-state index in [4.69, 9.17) is 5.26 Å². The van der Waals surface area contributed by atoms with Crippen molar-refractivity contribution >= 4 is 10.0 Å². The zero-order chi connectivity index (χ0) is 15.0. The van der Waals surface area contributed by atoms with Crippen LogP contribution in [0.4, 0.5) is 0 Å². The fourth-order valence-corrected chi connectivity index (χ4v) is 4.72. The van der Waals surface area contributed by atoms with E-state index >= 15 is 0 Å². The number of hydrogen-bond acceptors (Lipinski definition) is 4. The lowest BCUT2D eigenvalue weighted by atomic mass is 10.0. The molecule has 3 rings (SSSR count). The van der Waals surface area contributed by atoms with Gasteiger partial charge in [0.1, 0.15) is 0 Å². The van der Waals surface area contributed by atoms with Crippen LogP contribution in [0.1, 0.15) is 36.8 Å². The van der Waals surface area contributed by atoms with E-state index in [0.717, 1.165) is 25.7 Å². The summed E-state index contributed by atoms with van der Waals surface area (Å²) in [5.74, 6) is 0. The Balaban J connectivity index is 1.78. The Hall–Kier alpha value is -1.42. The molecule has 2 fully saturated rings. The van der Waals surface area contributed by atoms with Gasteiger partial charge in [-0.3, -0.25) is 0 Å². The largest absolute Gasteiger partial charge is 0.311 e. The second-order valence-electron chi connectivity index (χ2n) is 6.02. The Morgan fingerprint density at radius 2 is 1.95 bits per heavy atom. The predicted molar refractivity (Wildman–Crippen MR) is 79.2 cm³/mol. The van der Waals surface area contributed by atoms with Crippen molar-refractivity contribution in [2.45, 2.75) is 55.6 Å². The van der Waals surface area contributed by atoms with Crippen molar-refractivity contribution in [2.24, 2.45) is 0 Å². The first kappa shape index (κ1) is 14.5. The number of piperidine rings is 1. The molecule has 2 N–H and O–H groups in total. The minimum Gasteiger partial charge on any atom is -0.311 e. The van der Waals surface area contributed by atoms with Crippen LogP contribution in [-0.2, 0) is 10.0 Å². The molecule has 0 radical (unpaired) electrons. The van der Waals surface area contributed by atoms with Crippen molar-refractivity contribution in [1.82, 2.24) is 10.0 Å². The van der Waals surface area contributed by atoms with Crippen LogP contribution in [0.2, 0.25) is 0 Å². The molecule has 2 bridgehead atoms. The highest BCUT2D eigenvalue weighted by molar-refractivity contribution is 7.89. The summed E-state index contributed by atoms with van der Waals surface area (Å²) in [5.41, 5.74) is 1.19. The van der Waals surface area contributed by atoms with Crippen LogP contribution in [0.25, 0.3) is 0 Å². The number of hydrogen-bond donors (Lipinski definition) is 2.